The Morgan fingerprint density at radius 3 is 1.63 bits per heavy atom. The van der Waals surface area contributed by atoms with Gasteiger partial charge >= 0.3 is 0 Å². The highest BCUT2D eigenvalue weighted by Crippen LogP contribution is 2.20. The first-order chi connectivity index (χ1) is 13.0. The number of aromatic nitrogens is 6. The van der Waals surface area contributed by atoms with Gasteiger partial charge in [-0.15, -0.1) is 0 Å². The summed E-state index contributed by atoms with van der Waals surface area (Å²) >= 11 is 22.2. The van der Waals surface area contributed by atoms with Crippen molar-refractivity contribution in [3.05, 3.63) is 81.6 Å². The monoisotopic (exact) mass is 440 g/mol. The van der Waals surface area contributed by atoms with Crippen molar-refractivity contribution in [1.29, 1.82) is 0 Å². The van der Waals surface area contributed by atoms with E-state index in [-0.39, 0.29) is 10.3 Å². The van der Waals surface area contributed by atoms with Crippen LogP contribution in [0.25, 0.3) is 11.0 Å². The van der Waals surface area contributed by atoms with Crippen LogP contribution in [-0.4, -0.2) is 29.9 Å². The lowest BCUT2D eigenvalue weighted by Crippen LogP contribution is -1.85. The summed E-state index contributed by atoms with van der Waals surface area (Å²) in [5, 5.41) is 1.22. The summed E-state index contributed by atoms with van der Waals surface area (Å²) < 4.78 is 0. The first-order valence-electron chi connectivity index (χ1n) is 7.39. The van der Waals surface area contributed by atoms with Crippen LogP contribution in [0, 0.1) is 6.92 Å². The average Bonchev–Trinajstić information content (AvgIpc) is 2.64. The van der Waals surface area contributed by atoms with E-state index in [4.69, 9.17) is 46.4 Å². The van der Waals surface area contributed by atoms with Crippen LogP contribution in [0.15, 0.2) is 55.2 Å². The molecule has 0 spiro atoms. The second-order valence-corrected chi connectivity index (χ2v) is 6.29. The van der Waals surface area contributed by atoms with E-state index in [9.17, 15) is 0 Å². The van der Waals surface area contributed by atoms with Crippen molar-refractivity contribution in [2.45, 2.75) is 6.92 Å². The van der Waals surface area contributed by atoms with Crippen molar-refractivity contribution in [2.24, 2.45) is 0 Å². The lowest BCUT2D eigenvalue weighted by Gasteiger charge is -1.97. The van der Waals surface area contributed by atoms with Crippen LogP contribution in [0.1, 0.15) is 5.69 Å². The topological polar surface area (TPSA) is 77.3 Å². The summed E-state index contributed by atoms with van der Waals surface area (Å²) in [4.78, 5) is 23.1. The number of nitrogens with zero attached hydrogens (tertiary/aromatic N) is 6. The molecule has 6 nitrogen and oxygen atoms in total. The zero-order chi connectivity index (χ0) is 19.6. The molecule has 4 rings (SSSR count). The Labute approximate surface area is 175 Å². The minimum absolute atomic E-state index is 0.246. The summed E-state index contributed by atoms with van der Waals surface area (Å²) in [6, 6.07) is 8.90. The Morgan fingerprint density at radius 1 is 0.741 bits per heavy atom. The molecule has 0 unspecified atom stereocenters. The van der Waals surface area contributed by atoms with Crippen LogP contribution < -0.4 is 0 Å². The van der Waals surface area contributed by atoms with E-state index < -0.39 is 0 Å². The maximum Gasteiger partial charge on any atom is 0.167 e. The van der Waals surface area contributed by atoms with Gasteiger partial charge in [-0.2, -0.15) is 0 Å². The van der Waals surface area contributed by atoms with E-state index >= 15 is 0 Å². The first-order valence-corrected chi connectivity index (χ1v) is 8.90. The third-order valence-electron chi connectivity index (χ3n) is 2.78. The summed E-state index contributed by atoms with van der Waals surface area (Å²) in [7, 11) is 0. The molecule has 0 saturated carbocycles. The highest BCUT2D eigenvalue weighted by atomic mass is 35.5. The molecular weight excluding hydrogens is 430 g/mol. The van der Waals surface area contributed by atoms with Gasteiger partial charge in [-0.05, 0) is 19.1 Å². The minimum Gasteiger partial charge on any atom is -0.261 e. The summed E-state index contributed by atoms with van der Waals surface area (Å²) in [5.74, 6) is 0. The van der Waals surface area contributed by atoms with E-state index in [1.165, 1.54) is 12.4 Å². The predicted octanol–water partition coefficient (Wildman–Crippen LogP) is 5.51. The highest BCUT2D eigenvalue weighted by molar-refractivity contribution is 6.40. The molecule has 3 heterocycles. The van der Waals surface area contributed by atoms with E-state index in [0.29, 0.717) is 10.3 Å². The van der Waals surface area contributed by atoms with Crippen LogP contribution in [-0.2, 0) is 0 Å². The Morgan fingerprint density at radius 2 is 1.30 bits per heavy atom. The summed E-state index contributed by atoms with van der Waals surface area (Å²) in [6.07, 6.45) is 6.37. The van der Waals surface area contributed by atoms with Gasteiger partial charge in [0.25, 0.3) is 0 Å². The molecule has 1 aromatic carbocycles. The smallest absolute Gasteiger partial charge is 0.167 e. The molecule has 3 aromatic heterocycles. The van der Waals surface area contributed by atoms with Gasteiger partial charge in [0.15, 0.2) is 10.3 Å². The Bertz CT molecular complexity index is 943. The number of aryl methyl sites for hydroxylation is 1. The normalized spacial score (nSPS) is 9.67. The summed E-state index contributed by atoms with van der Waals surface area (Å²) in [5.41, 5.74) is 2.47. The maximum atomic E-state index is 5.68. The largest absolute Gasteiger partial charge is 0.261 e. The van der Waals surface area contributed by atoms with Crippen molar-refractivity contribution >= 4 is 57.4 Å². The fourth-order valence-corrected chi connectivity index (χ4v) is 2.26. The molecule has 0 amide bonds. The first kappa shape index (κ1) is 21.2. The van der Waals surface area contributed by atoms with Gasteiger partial charge < -0.3 is 0 Å². The van der Waals surface area contributed by atoms with Crippen molar-refractivity contribution in [2.75, 3.05) is 0 Å². The molecule has 0 aliphatic heterocycles. The molecule has 0 saturated heterocycles. The van der Waals surface area contributed by atoms with Gasteiger partial charge in [-0.3, -0.25) is 9.97 Å². The lowest BCUT2D eigenvalue weighted by molar-refractivity contribution is 1.12. The molecule has 27 heavy (non-hydrogen) atoms. The van der Waals surface area contributed by atoms with E-state index in [1.54, 1.807) is 18.6 Å². The van der Waals surface area contributed by atoms with Gasteiger partial charge in [-0.25, -0.2) is 19.9 Å². The van der Waals surface area contributed by atoms with Gasteiger partial charge in [-0.1, -0.05) is 58.5 Å². The Hall–Kier alpha value is -2.12. The molecule has 0 aliphatic rings. The number of hydrogen-bond acceptors (Lipinski definition) is 6. The molecule has 0 N–H and O–H groups in total. The number of rotatable bonds is 0. The lowest BCUT2D eigenvalue weighted by atomic mass is 10.3. The van der Waals surface area contributed by atoms with Crippen LogP contribution in [0.2, 0.25) is 20.6 Å². The number of hydrogen-bond donors (Lipinski definition) is 0. The van der Waals surface area contributed by atoms with Crippen molar-refractivity contribution in [3.8, 4) is 0 Å². The van der Waals surface area contributed by atoms with Gasteiger partial charge in [0, 0.05) is 24.7 Å². The number of fused-ring (bicyclic) bond motifs is 1. The van der Waals surface area contributed by atoms with E-state index in [1.807, 2.05) is 31.2 Å². The highest BCUT2D eigenvalue weighted by Gasteiger charge is 2.02. The zero-order valence-electron chi connectivity index (χ0n) is 13.9. The standard InChI is InChI=1S/C8H4Cl2N2.C5H6N2.C4H2Cl2N2/c9-7-8(10)12-6-4-2-1-3-5(6)11-7;1-5-4-6-2-3-7-5;5-3-1-4(6)8-2-7-3/h1-4H;2-4H,1H3;1-2H. The second-order valence-electron chi connectivity index (χ2n) is 4.80. The third-order valence-corrected chi connectivity index (χ3v) is 3.82. The summed E-state index contributed by atoms with van der Waals surface area (Å²) in [6.45, 7) is 1.91. The quantitative estimate of drug-likeness (QED) is 0.335. The fourth-order valence-electron chi connectivity index (χ4n) is 1.64. The SMILES string of the molecule is Cc1cnccn1.Clc1cc(Cl)ncn1.Clc1nc2ccccc2nc1Cl. The average molecular weight is 442 g/mol. The van der Waals surface area contributed by atoms with Crippen molar-refractivity contribution in [1.82, 2.24) is 29.9 Å². The van der Waals surface area contributed by atoms with Crippen LogP contribution in [0.5, 0.6) is 0 Å². The third kappa shape index (κ3) is 7.56. The van der Waals surface area contributed by atoms with Gasteiger partial charge in [0.1, 0.15) is 16.6 Å². The Kier molecular flexibility index (Phi) is 8.54. The molecule has 0 atom stereocenters. The molecule has 10 heteroatoms. The van der Waals surface area contributed by atoms with Crippen LogP contribution in [0.4, 0.5) is 0 Å². The number of para-hydroxylation sites is 2. The molecule has 0 radical (unpaired) electrons. The predicted molar refractivity (Wildman–Crippen MR) is 108 cm³/mol. The molecule has 0 fully saturated rings. The van der Waals surface area contributed by atoms with Gasteiger partial charge in [0.05, 0.1) is 16.7 Å². The number of benzene rings is 1. The molecule has 4 aromatic rings. The molecule has 0 aliphatic carbocycles. The second kappa shape index (κ2) is 10.9. The zero-order valence-corrected chi connectivity index (χ0v) is 16.9. The molecule has 0 bridgehead atoms. The number of halogens is 4. The van der Waals surface area contributed by atoms with Crippen LogP contribution >= 0.6 is 46.4 Å². The fraction of sp³-hybridized carbons (Fsp3) is 0.0588. The Balaban J connectivity index is 0.000000153. The molecular formula is C17H12Cl4N6. The molecule has 138 valence electrons. The van der Waals surface area contributed by atoms with Crippen molar-refractivity contribution in [3.63, 3.8) is 0 Å². The van der Waals surface area contributed by atoms with Crippen LogP contribution in [0.3, 0.4) is 0 Å². The van der Waals surface area contributed by atoms with E-state index in [0.717, 1.165) is 16.7 Å². The van der Waals surface area contributed by atoms with Gasteiger partial charge in [0.2, 0.25) is 0 Å². The van der Waals surface area contributed by atoms with Crippen molar-refractivity contribution < 1.29 is 0 Å². The maximum absolute atomic E-state index is 5.68. The van der Waals surface area contributed by atoms with E-state index in [2.05, 4.69) is 29.9 Å². The minimum atomic E-state index is 0.246.